The molecule has 0 amide bonds. The molecule has 6 heteroatoms. The van der Waals surface area contributed by atoms with Crippen molar-refractivity contribution < 1.29 is 4.74 Å². The van der Waals surface area contributed by atoms with Gasteiger partial charge in [0.2, 0.25) is 0 Å². The lowest BCUT2D eigenvalue weighted by atomic mass is 10.1. The number of aryl methyl sites for hydroxylation is 1. The maximum atomic E-state index is 6.18. The molecule has 6 nitrogen and oxygen atoms in total. The minimum absolute atomic E-state index is 0.109. The Bertz CT molecular complexity index is 630. The molecule has 1 heterocycles. The predicted octanol–water partition coefficient (Wildman–Crippen LogP) is 3.59. The summed E-state index contributed by atoms with van der Waals surface area (Å²) in [6, 6.07) is 8.48. The van der Waals surface area contributed by atoms with Crippen LogP contribution in [0.4, 0.5) is 23.0 Å². The fraction of sp³-hybridized carbons (Fsp3) is 0.444. The molecule has 0 saturated heterocycles. The Kier molecular flexibility index (Phi) is 6.81. The first-order valence-electron chi connectivity index (χ1n) is 8.36. The number of unbranched alkanes of at least 4 members (excludes halogenated alkanes) is 1. The number of hydrogen-bond acceptors (Lipinski definition) is 6. The quantitative estimate of drug-likeness (QED) is 0.652. The predicted molar refractivity (Wildman–Crippen MR) is 99.7 cm³/mol. The number of benzene rings is 1. The van der Waals surface area contributed by atoms with E-state index in [4.69, 9.17) is 10.5 Å². The summed E-state index contributed by atoms with van der Waals surface area (Å²) < 4.78 is 5.12. The third-order valence-electron chi connectivity index (χ3n) is 3.72. The van der Waals surface area contributed by atoms with E-state index in [0.717, 1.165) is 12.1 Å². The zero-order valence-corrected chi connectivity index (χ0v) is 14.7. The molecule has 0 aliphatic heterocycles. The average molecular weight is 329 g/mol. The maximum absolute atomic E-state index is 6.18. The smallest absolute Gasteiger partial charge is 0.159 e. The van der Waals surface area contributed by atoms with Crippen LogP contribution in [-0.2, 0) is 11.2 Å². The number of anilines is 4. The Morgan fingerprint density at radius 1 is 1.17 bits per heavy atom. The number of aromatic nitrogens is 2. The SMILES string of the molecule is CCCCc1ccc(Nc2ncnc(NC(C)COC)c2N)cc1. The van der Waals surface area contributed by atoms with Gasteiger partial charge in [0.25, 0.3) is 0 Å². The van der Waals surface area contributed by atoms with Gasteiger partial charge in [0.15, 0.2) is 11.6 Å². The number of rotatable bonds is 9. The van der Waals surface area contributed by atoms with E-state index in [1.54, 1.807) is 7.11 Å². The number of hydrogen-bond donors (Lipinski definition) is 3. The molecule has 24 heavy (non-hydrogen) atoms. The summed E-state index contributed by atoms with van der Waals surface area (Å²) in [6.45, 7) is 4.78. The van der Waals surface area contributed by atoms with Gasteiger partial charge in [0.05, 0.1) is 6.61 Å². The molecule has 1 aromatic heterocycles. The van der Waals surface area contributed by atoms with E-state index in [-0.39, 0.29) is 6.04 Å². The van der Waals surface area contributed by atoms with Crippen LogP contribution in [0.2, 0.25) is 0 Å². The standard InChI is InChI=1S/C18H27N5O/c1-4-5-6-14-7-9-15(10-8-14)23-18-16(19)17(20-12-21-18)22-13(2)11-24-3/h7-10,12-13H,4-6,11,19H2,1-3H3,(H2,20,21,22,23). The number of nitrogen functional groups attached to an aromatic ring is 1. The Labute approximate surface area is 143 Å². The van der Waals surface area contributed by atoms with Crippen molar-refractivity contribution in [3.8, 4) is 0 Å². The van der Waals surface area contributed by atoms with Gasteiger partial charge in [-0.2, -0.15) is 0 Å². The first kappa shape index (κ1) is 18.0. The van der Waals surface area contributed by atoms with Gasteiger partial charge in [0, 0.05) is 18.8 Å². The van der Waals surface area contributed by atoms with Crippen molar-refractivity contribution in [2.24, 2.45) is 0 Å². The molecule has 130 valence electrons. The third-order valence-corrected chi connectivity index (χ3v) is 3.72. The Hall–Kier alpha value is -2.34. The highest BCUT2D eigenvalue weighted by Gasteiger charge is 2.11. The monoisotopic (exact) mass is 329 g/mol. The number of nitrogens with one attached hydrogen (secondary N) is 2. The molecule has 1 atom stereocenters. The van der Waals surface area contributed by atoms with Crippen molar-refractivity contribution in [3.05, 3.63) is 36.2 Å². The zero-order chi connectivity index (χ0) is 17.4. The molecule has 0 aliphatic rings. The fourth-order valence-electron chi connectivity index (χ4n) is 2.41. The van der Waals surface area contributed by atoms with Crippen LogP contribution in [0.3, 0.4) is 0 Å². The molecule has 0 spiro atoms. The van der Waals surface area contributed by atoms with Gasteiger partial charge >= 0.3 is 0 Å². The first-order chi connectivity index (χ1) is 11.6. The molecule has 0 saturated carbocycles. The van der Waals surface area contributed by atoms with Crippen LogP contribution < -0.4 is 16.4 Å². The van der Waals surface area contributed by atoms with Crippen LogP contribution in [0.5, 0.6) is 0 Å². The van der Waals surface area contributed by atoms with Gasteiger partial charge in [-0.1, -0.05) is 25.5 Å². The lowest BCUT2D eigenvalue weighted by molar-refractivity contribution is 0.190. The minimum atomic E-state index is 0.109. The Morgan fingerprint density at radius 2 is 1.88 bits per heavy atom. The molecule has 0 radical (unpaired) electrons. The van der Waals surface area contributed by atoms with Gasteiger partial charge in [-0.15, -0.1) is 0 Å². The molecular weight excluding hydrogens is 302 g/mol. The van der Waals surface area contributed by atoms with E-state index in [1.165, 1.54) is 24.7 Å². The summed E-state index contributed by atoms with van der Waals surface area (Å²) in [4.78, 5) is 8.45. The summed E-state index contributed by atoms with van der Waals surface area (Å²) in [6.07, 6.45) is 5.02. The van der Waals surface area contributed by atoms with Crippen molar-refractivity contribution >= 4 is 23.0 Å². The van der Waals surface area contributed by atoms with Crippen molar-refractivity contribution in [3.63, 3.8) is 0 Å². The molecule has 0 bridgehead atoms. The molecule has 0 fully saturated rings. The van der Waals surface area contributed by atoms with Gasteiger partial charge in [-0.25, -0.2) is 9.97 Å². The van der Waals surface area contributed by atoms with Crippen molar-refractivity contribution in [2.75, 3.05) is 30.1 Å². The van der Waals surface area contributed by atoms with E-state index in [0.29, 0.717) is 23.9 Å². The Balaban J connectivity index is 2.06. The van der Waals surface area contributed by atoms with Crippen molar-refractivity contribution in [1.82, 2.24) is 9.97 Å². The van der Waals surface area contributed by atoms with E-state index >= 15 is 0 Å². The number of methoxy groups -OCH3 is 1. The van der Waals surface area contributed by atoms with Crippen LogP contribution >= 0.6 is 0 Å². The second kappa shape index (κ2) is 9.08. The molecular formula is C18H27N5O. The van der Waals surface area contributed by atoms with Gasteiger partial charge < -0.3 is 21.1 Å². The van der Waals surface area contributed by atoms with Gasteiger partial charge in [-0.05, 0) is 37.5 Å². The van der Waals surface area contributed by atoms with Gasteiger partial charge in [-0.3, -0.25) is 0 Å². The van der Waals surface area contributed by atoms with E-state index < -0.39 is 0 Å². The topological polar surface area (TPSA) is 85.1 Å². The molecule has 1 unspecified atom stereocenters. The van der Waals surface area contributed by atoms with Crippen molar-refractivity contribution in [1.29, 1.82) is 0 Å². The summed E-state index contributed by atoms with van der Waals surface area (Å²) in [5.41, 5.74) is 8.97. The van der Waals surface area contributed by atoms with E-state index in [1.807, 2.05) is 19.1 Å². The lowest BCUT2D eigenvalue weighted by Gasteiger charge is -2.16. The van der Waals surface area contributed by atoms with Crippen LogP contribution in [-0.4, -0.2) is 29.7 Å². The van der Waals surface area contributed by atoms with Crippen molar-refractivity contribution in [2.45, 2.75) is 39.2 Å². The Morgan fingerprint density at radius 3 is 2.54 bits per heavy atom. The average Bonchev–Trinajstić information content (AvgIpc) is 2.58. The summed E-state index contributed by atoms with van der Waals surface area (Å²) >= 11 is 0. The van der Waals surface area contributed by atoms with E-state index in [9.17, 15) is 0 Å². The second-order valence-corrected chi connectivity index (χ2v) is 5.91. The first-order valence-corrected chi connectivity index (χ1v) is 8.36. The zero-order valence-electron chi connectivity index (χ0n) is 14.7. The third kappa shape index (κ3) is 5.09. The number of nitrogens with two attached hydrogens (primary N) is 1. The summed E-state index contributed by atoms with van der Waals surface area (Å²) in [5.74, 6) is 1.20. The largest absolute Gasteiger partial charge is 0.393 e. The fourth-order valence-corrected chi connectivity index (χ4v) is 2.41. The molecule has 2 aromatic rings. The molecule has 4 N–H and O–H groups in total. The highest BCUT2D eigenvalue weighted by molar-refractivity contribution is 5.77. The van der Waals surface area contributed by atoms with Crippen LogP contribution in [0.25, 0.3) is 0 Å². The van der Waals surface area contributed by atoms with Crippen LogP contribution in [0.1, 0.15) is 32.3 Å². The summed E-state index contributed by atoms with van der Waals surface area (Å²) in [5, 5.41) is 6.48. The highest BCUT2D eigenvalue weighted by Crippen LogP contribution is 2.26. The number of nitrogens with zero attached hydrogens (tertiary/aromatic N) is 2. The number of ether oxygens (including phenoxy) is 1. The maximum Gasteiger partial charge on any atom is 0.159 e. The normalized spacial score (nSPS) is 12.0. The minimum Gasteiger partial charge on any atom is -0.393 e. The molecule has 2 rings (SSSR count). The van der Waals surface area contributed by atoms with Crippen LogP contribution in [0.15, 0.2) is 30.6 Å². The molecule has 1 aromatic carbocycles. The molecule has 0 aliphatic carbocycles. The van der Waals surface area contributed by atoms with E-state index in [2.05, 4.69) is 39.7 Å². The highest BCUT2D eigenvalue weighted by atomic mass is 16.5. The lowest BCUT2D eigenvalue weighted by Crippen LogP contribution is -2.22. The second-order valence-electron chi connectivity index (χ2n) is 5.91. The van der Waals surface area contributed by atoms with Gasteiger partial charge in [0.1, 0.15) is 12.0 Å². The summed E-state index contributed by atoms with van der Waals surface area (Å²) in [7, 11) is 1.67. The van der Waals surface area contributed by atoms with Crippen LogP contribution in [0, 0.1) is 0 Å².